The molecule has 128 valence electrons. The van der Waals surface area contributed by atoms with Gasteiger partial charge in [0.2, 0.25) is 5.91 Å². The number of rotatable bonds is 4. The molecule has 0 saturated carbocycles. The van der Waals surface area contributed by atoms with E-state index >= 15 is 0 Å². The van der Waals surface area contributed by atoms with Crippen LogP contribution in [0.15, 0.2) is 48.8 Å². The largest absolute Gasteiger partial charge is 0.507 e. The van der Waals surface area contributed by atoms with Crippen LogP contribution in [0.1, 0.15) is 10.4 Å². The van der Waals surface area contributed by atoms with Crippen molar-refractivity contribution in [3.8, 4) is 5.75 Å². The van der Waals surface area contributed by atoms with E-state index < -0.39 is 5.91 Å². The molecule has 3 aromatic rings. The number of amides is 2. The quantitative estimate of drug-likeness (QED) is 0.762. The topological polar surface area (TPSA) is 87.5 Å². The van der Waals surface area contributed by atoms with Crippen molar-refractivity contribution in [1.82, 2.24) is 14.7 Å². The lowest BCUT2D eigenvalue weighted by molar-refractivity contribution is -0.129. The number of benzene rings is 2. The van der Waals surface area contributed by atoms with Crippen LogP contribution in [0.5, 0.6) is 5.75 Å². The van der Waals surface area contributed by atoms with Crippen LogP contribution in [0.4, 0.5) is 5.69 Å². The normalized spacial score (nSPS) is 10.6. The molecule has 1 aromatic heterocycles. The monoisotopic (exact) mass is 338 g/mol. The molecule has 0 bridgehead atoms. The first-order chi connectivity index (χ1) is 12.0. The lowest BCUT2D eigenvalue weighted by Crippen LogP contribution is -2.26. The Labute approximate surface area is 144 Å². The molecule has 3 rings (SSSR count). The number of aromatic hydroxyl groups is 1. The molecule has 0 aliphatic heterocycles. The van der Waals surface area contributed by atoms with Crippen LogP contribution < -0.4 is 5.32 Å². The van der Waals surface area contributed by atoms with Gasteiger partial charge >= 0.3 is 0 Å². The number of likely N-dealkylation sites (N-methyl/N-ethyl adjacent to an activating group) is 1. The van der Waals surface area contributed by atoms with Gasteiger partial charge in [-0.15, -0.1) is 0 Å². The zero-order valence-electron chi connectivity index (χ0n) is 13.9. The molecule has 7 nitrogen and oxygen atoms in total. The number of hydrogen-bond acceptors (Lipinski definition) is 4. The molecule has 25 heavy (non-hydrogen) atoms. The highest BCUT2D eigenvalue weighted by molar-refractivity contribution is 6.14. The third-order valence-electron chi connectivity index (χ3n) is 3.82. The van der Waals surface area contributed by atoms with Crippen LogP contribution in [0, 0.1) is 0 Å². The van der Waals surface area contributed by atoms with Gasteiger partial charge in [0.1, 0.15) is 12.3 Å². The standard InChI is InChI=1S/C18H18N4O3/c1-21(2)16(24)11-22-10-13(9-19-22)20-18(25)17-14-6-4-3-5-12(14)7-8-15(17)23/h3-10,23H,11H2,1-2H3,(H,20,25). The van der Waals surface area contributed by atoms with Crippen molar-refractivity contribution >= 4 is 28.3 Å². The Morgan fingerprint density at radius 2 is 1.96 bits per heavy atom. The van der Waals surface area contributed by atoms with Gasteiger partial charge in [-0.1, -0.05) is 30.3 Å². The van der Waals surface area contributed by atoms with Crippen LogP contribution in [0.2, 0.25) is 0 Å². The average Bonchev–Trinajstić information content (AvgIpc) is 3.01. The molecule has 0 aliphatic carbocycles. The summed E-state index contributed by atoms with van der Waals surface area (Å²) in [6.45, 7) is 0.0857. The molecule has 0 unspecified atom stereocenters. The Hall–Kier alpha value is -3.35. The number of fused-ring (bicyclic) bond motifs is 1. The van der Waals surface area contributed by atoms with E-state index in [1.165, 1.54) is 21.8 Å². The Morgan fingerprint density at radius 1 is 1.20 bits per heavy atom. The molecular formula is C18H18N4O3. The highest BCUT2D eigenvalue weighted by atomic mass is 16.3. The number of phenolic OH excluding ortho intramolecular Hbond substituents is 1. The molecule has 0 atom stereocenters. The lowest BCUT2D eigenvalue weighted by atomic mass is 10.0. The van der Waals surface area contributed by atoms with E-state index in [0.29, 0.717) is 11.1 Å². The number of nitrogens with one attached hydrogen (secondary N) is 1. The fourth-order valence-electron chi connectivity index (χ4n) is 2.49. The number of carbonyl (C=O) groups excluding carboxylic acids is 2. The number of phenols is 1. The van der Waals surface area contributed by atoms with E-state index in [-0.39, 0.29) is 23.8 Å². The Balaban J connectivity index is 1.83. The lowest BCUT2D eigenvalue weighted by Gasteiger charge is -2.10. The van der Waals surface area contributed by atoms with Crippen molar-refractivity contribution in [2.75, 3.05) is 19.4 Å². The molecule has 1 heterocycles. The first-order valence-electron chi connectivity index (χ1n) is 7.70. The zero-order chi connectivity index (χ0) is 18.0. The molecule has 2 amide bonds. The van der Waals surface area contributed by atoms with Gasteiger partial charge in [-0.3, -0.25) is 14.3 Å². The van der Waals surface area contributed by atoms with Gasteiger partial charge in [0.15, 0.2) is 0 Å². The molecule has 0 saturated heterocycles. The third kappa shape index (κ3) is 3.45. The second kappa shape index (κ2) is 6.64. The van der Waals surface area contributed by atoms with Crippen LogP contribution in [-0.4, -0.2) is 45.7 Å². The highest BCUT2D eigenvalue weighted by Crippen LogP contribution is 2.27. The predicted molar refractivity (Wildman–Crippen MR) is 94.5 cm³/mol. The summed E-state index contributed by atoms with van der Waals surface area (Å²) in [6, 6.07) is 10.6. The first-order valence-corrected chi connectivity index (χ1v) is 7.70. The number of hydrogen-bond donors (Lipinski definition) is 2. The molecule has 0 aliphatic rings. The van der Waals surface area contributed by atoms with Crippen LogP contribution in [-0.2, 0) is 11.3 Å². The van der Waals surface area contributed by atoms with Crippen molar-refractivity contribution in [3.05, 3.63) is 54.4 Å². The average molecular weight is 338 g/mol. The van der Waals surface area contributed by atoms with Gasteiger partial charge in [0, 0.05) is 20.3 Å². The van der Waals surface area contributed by atoms with Crippen molar-refractivity contribution in [2.45, 2.75) is 6.54 Å². The van der Waals surface area contributed by atoms with E-state index in [4.69, 9.17) is 0 Å². The fraction of sp³-hybridized carbons (Fsp3) is 0.167. The summed E-state index contributed by atoms with van der Waals surface area (Å²) < 4.78 is 1.45. The number of anilines is 1. The fourth-order valence-corrected chi connectivity index (χ4v) is 2.49. The molecule has 7 heteroatoms. The molecule has 0 radical (unpaired) electrons. The van der Waals surface area contributed by atoms with Gasteiger partial charge in [0.05, 0.1) is 17.4 Å². The second-order valence-corrected chi connectivity index (χ2v) is 5.85. The number of nitrogens with zero attached hydrogens (tertiary/aromatic N) is 3. The molecular weight excluding hydrogens is 320 g/mol. The molecule has 0 spiro atoms. The second-order valence-electron chi connectivity index (χ2n) is 5.85. The van der Waals surface area contributed by atoms with Gasteiger partial charge < -0.3 is 15.3 Å². The smallest absolute Gasteiger partial charge is 0.260 e. The summed E-state index contributed by atoms with van der Waals surface area (Å²) in [4.78, 5) is 25.8. The Bertz CT molecular complexity index is 946. The van der Waals surface area contributed by atoms with E-state index in [9.17, 15) is 14.7 Å². The minimum Gasteiger partial charge on any atom is -0.507 e. The van der Waals surface area contributed by atoms with Crippen molar-refractivity contribution in [3.63, 3.8) is 0 Å². The van der Waals surface area contributed by atoms with Gasteiger partial charge in [-0.25, -0.2) is 0 Å². The van der Waals surface area contributed by atoms with Crippen molar-refractivity contribution in [1.29, 1.82) is 0 Å². The highest BCUT2D eigenvalue weighted by Gasteiger charge is 2.16. The first kappa shape index (κ1) is 16.5. The Kier molecular flexibility index (Phi) is 4.38. The van der Waals surface area contributed by atoms with Crippen molar-refractivity contribution in [2.24, 2.45) is 0 Å². The molecule has 2 N–H and O–H groups in total. The SMILES string of the molecule is CN(C)C(=O)Cn1cc(NC(=O)c2c(O)ccc3ccccc23)cn1. The van der Waals surface area contributed by atoms with E-state index in [2.05, 4.69) is 10.4 Å². The van der Waals surface area contributed by atoms with Crippen LogP contribution in [0.25, 0.3) is 10.8 Å². The minimum absolute atomic E-state index is 0.0857. The van der Waals surface area contributed by atoms with Gasteiger partial charge in [0.25, 0.3) is 5.91 Å². The Morgan fingerprint density at radius 3 is 2.72 bits per heavy atom. The summed E-state index contributed by atoms with van der Waals surface area (Å²) in [6.07, 6.45) is 3.03. The number of carbonyl (C=O) groups is 2. The van der Waals surface area contributed by atoms with Crippen LogP contribution in [0.3, 0.4) is 0 Å². The number of aromatic nitrogens is 2. The summed E-state index contributed by atoms with van der Waals surface area (Å²) in [5.74, 6) is -0.633. The third-order valence-corrected chi connectivity index (χ3v) is 3.82. The summed E-state index contributed by atoms with van der Waals surface area (Å²) >= 11 is 0. The predicted octanol–water partition coefficient (Wildman–Crippen LogP) is 2.08. The molecule has 0 fully saturated rings. The van der Waals surface area contributed by atoms with Crippen molar-refractivity contribution < 1.29 is 14.7 Å². The maximum Gasteiger partial charge on any atom is 0.260 e. The molecule has 2 aromatic carbocycles. The minimum atomic E-state index is -0.437. The summed E-state index contributed by atoms with van der Waals surface area (Å²) in [7, 11) is 3.33. The van der Waals surface area contributed by atoms with Crippen LogP contribution >= 0.6 is 0 Å². The maximum atomic E-state index is 12.6. The van der Waals surface area contributed by atoms with E-state index in [1.807, 2.05) is 18.2 Å². The zero-order valence-corrected chi connectivity index (χ0v) is 13.9. The van der Waals surface area contributed by atoms with E-state index in [1.54, 1.807) is 32.4 Å². The maximum absolute atomic E-state index is 12.6. The summed E-state index contributed by atoms with van der Waals surface area (Å²) in [5, 5.41) is 18.4. The summed E-state index contributed by atoms with van der Waals surface area (Å²) in [5.41, 5.74) is 0.652. The van der Waals surface area contributed by atoms with E-state index in [0.717, 1.165) is 5.39 Å². The van der Waals surface area contributed by atoms with Gasteiger partial charge in [-0.2, -0.15) is 5.10 Å². The van der Waals surface area contributed by atoms with Gasteiger partial charge in [-0.05, 0) is 16.8 Å².